The molecule has 1 aromatic carbocycles. The zero-order chi connectivity index (χ0) is 21.3. The molecule has 1 aromatic heterocycles. The molecule has 2 aromatic rings. The number of aromatic nitrogens is 2. The fourth-order valence-electron chi connectivity index (χ4n) is 3.30. The first-order chi connectivity index (χ1) is 13.6. The molecule has 0 radical (unpaired) electrons. The average Bonchev–Trinajstić information content (AvgIpc) is 2.91. The third-order valence-electron chi connectivity index (χ3n) is 5.02. The zero-order valence-electron chi connectivity index (χ0n) is 16.4. The number of amides is 1. The van der Waals surface area contributed by atoms with Gasteiger partial charge < -0.3 is 4.90 Å². The average molecular weight is 457 g/mol. The molecule has 1 aliphatic heterocycles. The molecule has 7 nitrogen and oxygen atoms in total. The molecule has 3 rings (SSSR count). The lowest BCUT2D eigenvalue weighted by molar-refractivity contribution is -0.127. The van der Waals surface area contributed by atoms with Gasteiger partial charge in [0.25, 0.3) is 0 Å². The summed E-state index contributed by atoms with van der Waals surface area (Å²) in [7, 11) is -1.98. The molecular weight excluding hydrogens is 435 g/mol. The van der Waals surface area contributed by atoms with Crippen LogP contribution in [0.1, 0.15) is 17.0 Å². The minimum Gasteiger partial charge on any atom is -0.337 e. The molecule has 1 aliphatic rings. The summed E-state index contributed by atoms with van der Waals surface area (Å²) in [6.45, 7) is 4.75. The van der Waals surface area contributed by atoms with Crippen molar-refractivity contribution in [2.75, 3.05) is 26.2 Å². The Morgan fingerprint density at radius 3 is 2.21 bits per heavy atom. The highest BCUT2D eigenvalue weighted by atomic mass is 35.5. The molecule has 0 atom stereocenters. The number of nitrogens with zero attached hydrogens (tertiary/aromatic N) is 4. The van der Waals surface area contributed by atoms with Gasteiger partial charge in [-0.1, -0.05) is 29.3 Å². The van der Waals surface area contributed by atoms with Crippen molar-refractivity contribution in [1.29, 1.82) is 0 Å². The summed E-state index contributed by atoms with van der Waals surface area (Å²) >= 11 is 12.1. The van der Waals surface area contributed by atoms with E-state index in [9.17, 15) is 13.2 Å². The van der Waals surface area contributed by atoms with Gasteiger partial charge in [0.05, 0.1) is 15.7 Å². The van der Waals surface area contributed by atoms with Crippen LogP contribution in [0.2, 0.25) is 10.0 Å². The zero-order valence-corrected chi connectivity index (χ0v) is 18.7. The van der Waals surface area contributed by atoms with Crippen LogP contribution in [0.15, 0.2) is 29.2 Å². The van der Waals surface area contributed by atoms with E-state index in [4.69, 9.17) is 23.2 Å². The summed E-state index contributed by atoms with van der Waals surface area (Å²) < 4.78 is 28.9. The quantitative estimate of drug-likeness (QED) is 0.662. The highest BCUT2D eigenvalue weighted by Gasteiger charge is 2.32. The third kappa shape index (κ3) is 4.35. The van der Waals surface area contributed by atoms with E-state index in [1.165, 1.54) is 22.5 Å². The first-order valence-corrected chi connectivity index (χ1v) is 11.2. The summed E-state index contributed by atoms with van der Waals surface area (Å²) in [6, 6.07) is 4.58. The summed E-state index contributed by atoms with van der Waals surface area (Å²) in [4.78, 5) is 14.1. The lowest BCUT2D eigenvalue weighted by atomic mass is 10.2. The fraction of sp³-hybridized carbons (Fsp3) is 0.368. The molecule has 10 heteroatoms. The van der Waals surface area contributed by atoms with E-state index in [1.54, 1.807) is 21.7 Å². The highest BCUT2D eigenvalue weighted by Crippen LogP contribution is 2.31. The van der Waals surface area contributed by atoms with Crippen LogP contribution < -0.4 is 0 Å². The Bertz CT molecular complexity index is 1050. The summed E-state index contributed by atoms with van der Waals surface area (Å²) in [5.41, 5.74) is 2.73. The summed E-state index contributed by atoms with van der Waals surface area (Å²) in [5.74, 6) is -0.166. The van der Waals surface area contributed by atoms with Gasteiger partial charge in [-0.25, -0.2) is 8.42 Å². The first-order valence-electron chi connectivity index (χ1n) is 9.04. The molecular formula is C19H22Cl2N4O3S. The van der Waals surface area contributed by atoms with Gasteiger partial charge in [-0.05, 0) is 32.1 Å². The number of carbonyl (C=O) groups excluding carboxylic acids is 1. The number of hydrogen-bond donors (Lipinski definition) is 0. The maximum Gasteiger partial charge on any atom is 0.246 e. The molecule has 2 heterocycles. The van der Waals surface area contributed by atoms with E-state index < -0.39 is 10.0 Å². The van der Waals surface area contributed by atoms with Crippen LogP contribution in [0.3, 0.4) is 0 Å². The van der Waals surface area contributed by atoms with E-state index in [2.05, 4.69) is 5.10 Å². The SMILES string of the molecule is Cc1nn(C)c(C)c1/C=C/C(=O)N1CCN(S(=O)(=O)c2c(Cl)cccc2Cl)CC1. The molecule has 29 heavy (non-hydrogen) atoms. The van der Waals surface area contributed by atoms with Crippen molar-refractivity contribution in [3.63, 3.8) is 0 Å². The molecule has 1 saturated heterocycles. The van der Waals surface area contributed by atoms with Gasteiger partial charge in [-0.15, -0.1) is 0 Å². The molecule has 0 saturated carbocycles. The Kier molecular flexibility index (Phi) is 6.38. The molecule has 0 N–H and O–H groups in total. The Morgan fingerprint density at radius 2 is 1.69 bits per heavy atom. The second-order valence-electron chi connectivity index (χ2n) is 6.82. The lowest BCUT2D eigenvalue weighted by Gasteiger charge is -2.33. The van der Waals surface area contributed by atoms with Gasteiger partial charge in [0.2, 0.25) is 15.9 Å². The molecule has 1 fully saturated rings. The maximum absolute atomic E-state index is 12.9. The second kappa shape index (κ2) is 8.47. The highest BCUT2D eigenvalue weighted by molar-refractivity contribution is 7.89. The van der Waals surface area contributed by atoms with E-state index >= 15 is 0 Å². The number of aryl methyl sites for hydroxylation is 2. The van der Waals surface area contributed by atoms with E-state index in [0.717, 1.165) is 17.0 Å². The van der Waals surface area contributed by atoms with Crippen molar-refractivity contribution < 1.29 is 13.2 Å². The Morgan fingerprint density at radius 1 is 1.10 bits per heavy atom. The predicted molar refractivity (Wildman–Crippen MR) is 114 cm³/mol. The van der Waals surface area contributed by atoms with Crippen LogP contribution in [0.4, 0.5) is 0 Å². The van der Waals surface area contributed by atoms with Crippen molar-refractivity contribution in [3.8, 4) is 0 Å². The van der Waals surface area contributed by atoms with Gasteiger partial charge in [0.1, 0.15) is 4.90 Å². The maximum atomic E-state index is 12.9. The molecule has 0 bridgehead atoms. The molecule has 0 spiro atoms. The number of rotatable bonds is 4. The van der Waals surface area contributed by atoms with E-state index in [0.29, 0.717) is 0 Å². The van der Waals surface area contributed by atoms with Crippen LogP contribution in [0.25, 0.3) is 6.08 Å². The van der Waals surface area contributed by atoms with Crippen LogP contribution in [0.5, 0.6) is 0 Å². The normalized spacial score (nSPS) is 16.0. The largest absolute Gasteiger partial charge is 0.337 e. The van der Waals surface area contributed by atoms with Crippen LogP contribution in [0, 0.1) is 13.8 Å². The van der Waals surface area contributed by atoms with Crippen molar-refractivity contribution in [2.45, 2.75) is 18.7 Å². The number of hydrogen-bond acceptors (Lipinski definition) is 4. The topological polar surface area (TPSA) is 75.5 Å². The number of halogens is 2. The standard InChI is InChI=1S/C19H22Cl2N4O3S/c1-13-15(14(2)23(3)22-13)7-8-18(26)24-9-11-25(12-10-24)29(27,28)19-16(20)5-4-6-17(19)21/h4-8H,9-12H2,1-3H3/b8-7+. The Hall–Kier alpha value is -1.87. The Labute approximate surface area is 180 Å². The van der Waals surface area contributed by atoms with Gasteiger partial charge >= 0.3 is 0 Å². The Balaban J connectivity index is 1.69. The molecule has 0 aliphatic carbocycles. The molecule has 0 unspecified atom stereocenters. The van der Waals surface area contributed by atoms with Crippen molar-refractivity contribution in [2.24, 2.45) is 7.05 Å². The lowest BCUT2D eigenvalue weighted by Crippen LogP contribution is -2.50. The summed E-state index contributed by atoms with van der Waals surface area (Å²) in [6.07, 6.45) is 3.26. The van der Waals surface area contributed by atoms with E-state index in [-0.39, 0.29) is 47.0 Å². The van der Waals surface area contributed by atoms with Gasteiger partial charge in [0, 0.05) is 50.6 Å². The van der Waals surface area contributed by atoms with Gasteiger partial charge in [-0.2, -0.15) is 9.40 Å². The smallest absolute Gasteiger partial charge is 0.246 e. The minimum absolute atomic E-state index is 0.0844. The van der Waals surface area contributed by atoms with E-state index in [1.807, 2.05) is 20.9 Å². The van der Waals surface area contributed by atoms with Gasteiger partial charge in [0.15, 0.2) is 0 Å². The first kappa shape index (κ1) is 21.8. The minimum atomic E-state index is -3.83. The molecule has 156 valence electrons. The van der Waals surface area contributed by atoms with Crippen molar-refractivity contribution in [1.82, 2.24) is 19.0 Å². The number of sulfonamides is 1. The monoisotopic (exact) mass is 456 g/mol. The second-order valence-corrected chi connectivity index (χ2v) is 9.51. The molecule has 1 amide bonds. The number of carbonyl (C=O) groups is 1. The number of benzene rings is 1. The van der Waals surface area contributed by atoms with Gasteiger partial charge in [-0.3, -0.25) is 9.48 Å². The van der Waals surface area contributed by atoms with Crippen molar-refractivity contribution >= 4 is 45.2 Å². The summed E-state index contributed by atoms with van der Waals surface area (Å²) in [5, 5.41) is 4.50. The predicted octanol–water partition coefficient (Wildman–Crippen LogP) is 2.89. The van der Waals surface area contributed by atoms with Crippen LogP contribution >= 0.6 is 23.2 Å². The fourth-order valence-corrected chi connectivity index (χ4v) is 5.81. The van der Waals surface area contributed by atoms with Crippen LogP contribution in [-0.4, -0.2) is 59.5 Å². The third-order valence-corrected chi connectivity index (χ3v) is 7.88. The number of piperazine rings is 1. The van der Waals surface area contributed by atoms with Crippen molar-refractivity contribution in [3.05, 3.63) is 51.3 Å². The van der Waals surface area contributed by atoms with Crippen LogP contribution in [-0.2, 0) is 21.9 Å².